The number of aromatic hydroxyl groups is 2. The van der Waals surface area contributed by atoms with Gasteiger partial charge in [0.2, 0.25) is 17.7 Å². The summed E-state index contributed by atoms with van der Waals surface area (Å²) < 4.78 is 0. The maximum Gasteiger partial charge on any atom is 0.327 e. The molecule has 0 aliphatic rings. The number of thiol groups is 2. The number of carboxylic acid groups (broad SMARTS) is 1. The zero-order valence-corrected chi connectivity index (χ0v) is 21.5. The van der Waals surface area contributed by atoms with Crippen molar-refractivity contribution in [1.29, 1.82) is 0 Å². The van der Waals surface area contributed by atoms with Gasteiger partial charge in [0.25, 0.3) is 0 Å². The Hall–Kier alpha value is -3.42. The first-order valence-electron chi connectivity index (χ1n) is 11.2. The van der Waals surface area contributed by atoms with Crippen molar-refractivity contribution in [3.8, 4) is 11.5 Å². The number of aliphatic carboxylic acids is 1. The monoisotopic (exact) mass is 550 g/mol. The first-order valence-corrected chi connectivity index (χ1v) is 12.5. The van der Waals surface area contributed by atoms with Gasteiger partial charge in [-0.3, -0.25) is 14.4 Å². The van der Waals surface area contributed by atoms with Crippen LogP contribution in [0.5, 0.6) is 11.5 Å². The lowest BCUT2D eigenvalue weighted by Gasteiger charge is -2.24. The van der Waals surface area contributed by atoms with E-state index in [2.05, 4.69) is 41.2 Å². The topological polar surface area (TPSA) is 191 Å². The van der Waals surface area contributed by atoms with E-state index in [0.29, 0.717) is 11.1 Å². The molecule has 0 aliphatic heterocycles. The van der Waals surface area contributed by atoms with Crippen molar-refractivity contribution in [2.75, 3.05) is 11.5 Å². The molecule has 2 rings (SSSR count). The maximum atomic E-state index is 13.1. The Labute approximate surface area is 224 Å². The Morgan fingerprint density at radius 2 is 1.08 bits per heavy atom. The van der Waals surface area contributed by atoms with E-state index in [1.54, 1.807) is 24.3 Å². The van der Waals surface area contributed by atoms with Gasteiger partial charge in [-0.05, 0) is 41.8 Å². The number of benzene rings is 2. The largest absolute Gasteiger partial charge is 0.508 e. The van der Waals surface area contributed by atoms with E-state index < -0.39 is 47.9 Å². The molecule has 37 heavy (non-hydrogen) atoms. The fourth-order valence-electron chi connectivity index (χ4n) is 3.26. The van der Waals surface area contributed by atoms with Crippen molar-refractivity contribution in [2.24, 2.45) is 5.73 Å². The Bertz CT molecular complexity index is 1080. The van der Waals surface area contributed by atoms with Crippen LogP contribution < -0.4 is 21.7 Å². The molecule has 4 unspecified atom stereocenters. The van der Waals surface area contributed by atoms with E-state index in [1.165, 1.54) is 24.3 Å². The highest BCUT2D eigenvalue weighted by atomic mass is 32.1. The van der Waals surface area contributed by atoms with E-state index >= 15 is 0 Å². The fraction of sp³-hybridized carbons (Fsp3) is 0.333. The standard InChI is InChI=1S/C24H30N4O7S2/c25-17(9-13-1-5-15(29)6-2-13)21(31)26-18(10-14-3-7-16(30)8-4-14)22(32)27-19(11-36)23(33)28-20(12-37)24(34)35/h1-8,17-20,29-30,36-37H,9-12,25H2,(H,26,31)(H,27,32)(H,28,33)(H,34,35). The summed E-state index contributed by atoms with van der Waals surface area (Å²) in [6, 6.07) is 7.54. The molecule has 0 spiro atoms. The number of nitrogens with one attached hydrogen (secondary N) is 3. The molecule has 13 heteroatoms. The number of carbonyl (C=O) groups is 4. The lowest BCUT2D eigenvalue weighted by Crippen LogP contribution is -2.58. The predicted molar refractivity (Wildman–Crippen MR) is 143 cm³/mol. The minimum atomic E-state index is -1.28. The molecule has 0 fully saturated rings. The summed E-state index contributed by atoms with van der Waals surface area (Å²) >= 11 is 7.98. The molecule has 0 aromatic heterocycles. The number of rotatable bonds is 13. The van der Waals surface area contributed by atoms with Gasteiger partial charge in [0.05, 0.1) is 6.04 Å². The van der Waals surface area contributed by atoms with Gasteiger partial charge in [0.15, 0.2) is 0 Å². The summed E-state index contributed by atoms with van der Waals surface area (Å²) in [4.78, 5) is 49.7. The highest BCUT2D eigenvalue weighted by molar-refractivity contribution is 7.80. The second-order valence-electron chi connectivity index (χ2n) is 8.23. The summed E-state index contributed by atoms with van der Waals surface area (Å²) in [5.41, 5.74) is 7.35. The number of phenolic OH excluding ortho intramolecular Hbond substituents is 2. The molecule has 200 valence electrons. The van der Waals surface area contributed by atoms with Crippen molar-refractivity contribution in [2.45, 2.75) is 37.0 Å². The molecule has 4 atom stereocenters. The van der Waals surface area contributed by atoms with Crippen LogP contribution in [0.15, 0.2) is 48.5 Å². The molecule has 11 nitrogen and oxygen atoms in total. The number of hydrogen-bond acceptors (Lipinski definition) is 9. The van der Waals surface area contributed by atoms with Crippen LogP contribution in [0, 0.1) is 0 Å². The number of phenols is 2. The second kappa shape index (κ2) is 14.4. The van der Waals surface area contributed by atoms with Gasteiger partial charge in [-0.2, -0.15) is 25.3 Å². The van der Waals surface area contributed by atoms with E-state index in [1.807, 2.05) is 0 Å². The highest BCUT2D eigenvalue weighted by Crippen LogP contribution is 2.13. The van der Waals surface area contributed by atoms with Crippen LogP contribution in [0.1, 0.15) is 11.1 Å². The van der Waals surface area contributed by atoms with E-state index in [4.69, 9.17) is 10.8 Å². The average molecular weight is 551 g/mol. The van der Waals surface area contributed by atoms with Crippen molar-refractivity contribution in [3.05, 3.63) is 59.7 Å². The molecule has 0 bridgehead atoms. The third kappa shape index (κ3) is 9.52. The van der Waals surface area contributed by atoms with Crippen LogP contribution >= 0.6 is 25.3 Å². The molecule has 2 aromatic rings. The Morgan fingerprint density at radius 3 is 1.54 bits per heavy atom. The molecule has 0 saturated heterocycles. The second-order valence-corrected chi connectivity index (χ2v) is 8.96. The van der Waals surface area contributed by atoms with Crippen LogP contribution in [0.4, 0.5) is 0 Å². The summed E-state index contributed by atoms with van der Waals surface area (Å²) in [6.07, 6.45) is 0.153. The van der Waals surface area contributed by atoms with Gasteiger partial charge >= 0.3 is 5.97 Å². The maximum absolute atomic E-state index is 13.1. The zero-order valence-electron chi connectivity index (χ0n) is 19.7. The van der Waals surface area contributed by atoms with Crippen LogP contribution in [-0.4, -0.2) is 74.7 Å². The number of hydrogen-bond donors (Lipinski definition) is 9. The third-order valence-corrected chi connectivity index (χ3v) is 6.08. The number of nitrogens with two attached hydrogens (primary N) is 1. The predicted octanol–water partition coefficient (Wildman–Crippen LogP) is -0.391. The van der Waals surface area contributed by atoms with Gasteiger partial charge in [0, 0.05) is 17.9 Å². The lowest BCUT2D eigenvalue weighted by atomic mass is 10.0. The highest BCUT2D eigenvalue weighted by Gasteiger charge is 2.29. The third-order valence-electron chi connectivity index (χ3n) is 5.35. The van der Waals surface area contributed by atoms with Crippen LogP contribution in [0.25, 0.3) is 0 Å². The number of carbonyl (C=O) groups excluding carboxylic acids is 3. The smallest absolute Gasteiger partial charge is 0.327 e. The molecule has 2 aromatic carbocycles. The summed E-state index contributed by atoms with van der Waals surface area (Å²) in [5, 5.41) is 35.5. The van der Waals surface area contributed by atoms with Crippen LogP contribution in [0.3, 0.4) is 0 Å². The number of amides is 3. The van der Waals surface area contributed by atoms with E-state index in [0.717, 1.165) is 0 Å². The zero-order chi connectivity index (χ0) is 27.5. The van der Waals surface area contributed by atoms with Gasteiger partial charge in [-0.25, -0.2) is 4.79 Å². The van der Waals surface area contributed by atoms with Crippen molar-refractivity contribution >= 4 is 48.9 Å². The van der Waals surface area contributed by atoms with E-state index in [-0.39, 0.29) is 35.8 Å². The quantitative estimate of drug-likeness (QED) is 0.151. The molecule has 8 N–H and O–H groups in total. The van der Waals surface area contributed by atoms with Crippen molar-refractivity contribution in [1.82, 2.24) is 16.0 Å². The Morgan fingerprint density at radius 1 is 0.676 bits per heavy atom. The van der Waals surface area contributed by atoms with Crippen LogP contribution in [0.2, 0.25) is 0 Å². The Kier molecular flexibility index (Phi) is 11.6. The summed E-state index contributed by atoms with van der Waals surface area (Å²) in [5.74, 6) is -3.61. The normalized spacial score (nSPS) is 14.0. The summed E-state index contributed by atoms with van der Waals surface area (Å²) in [6.45, 7) is 0. The van der Waals surface area contributed by atoms with Gasteiger partial charge in [0.1, 0.15) is 29.6 Å². The van der Waals surface area contributed by atoms with Gasteiger partial charge < -0.3 is 37.0 Å². The molecular weight excluding hydrogens is 520 g/mol. The molecule has 0 saturated carbocycles. The fourth-order valence-corrected chi connectivity index (χ4v) is 3.76. The minimum Gasteiger partial charge on any atom is -0.508 e. The SMILES string of the molecule is NC(Cc1ccc(O)cc1)C(=O)NC(Cc1ccc(O)cc1)C(=O)NC(CS)C(=O)NC(CS)C(=O)O. The first-order chi connectivity index (χ1) is 17.5. The molecule has 0 heterocycles. The summed E-state index contributed by atoms with van der Waals surface area (Å²) in [7, 11) is 0. The Balaban J connectivity index is 2.16. The van der Waals surface area contributed by atoms with Gasteiger partial charge in [-0.15, -0.1) is 0 Å². The molecule has 0 aliphatic carbocycles. The van der Waals surface area contributed by atoms with Crippen molar-refractivity contribution < 1.29 is 34.5 Å². The first kappa shape index (κ1) is 29.8. The molecule has 0 radical (unpaired) electrons. The lowest BCUT2D eigenvalue weighted by molar-refractivity contribution is -0.141. The van der Waals surface area contributed by atoms with E-state index in [9.17, 15) is 29.4 Å². The van der Waals surface area contributed by atoms with Crippen LogP contribution in [-0.2, 0) is 32.0 Å². The van der Waals surface area contributed by atoms with Crippen molar-refractivity contribution in [3.63, 3.8) is 0 Å². The molecular formula is C24H30N4O7S2. The van der Waals surface area contributed by atoms with Gasteiger partial charge in [-0.1, -0.05) is 24.3 Å². The average Bonchev–Trinajstić information content (AvgIpc) is 2.87. The minimum absolute atomic E-state index is 0.0130. The molecule has 3 amide bonds. The number of carboxylic acids is 1.